The average molecular weight is 346 g/mol. The molecule has 1 atom stereocenters. The number of aryl methyl sites for hydroxylation is 1. The first kappa shape index (κ1) is 17.3. The molecule has 1 N–H and O–H groups in total. The van der Waals surface area contributed by atoms with Crippen LogP contribution in [-0.4, -0.2) is 68.0 Å². The van der Waals surface area contributed by atoms with Gasteiger partial charge < -0.3 is 5.32 Å². The maximum absolute atomic E-state index is 12.0. The van der Waals surface area contributed by atoms with Gasteiger partial charge in [0.1, 0.15) is 0 Å². The van der Waals surface area contributed by atoms with Crippen LogP contribution in [0.1, 0.15) is 10.7 Å². The first-order valence-electron chi connectivity index (χ1n) is 7.09. The summed E-state index contributed by atoms with van der Waals surface area (Å²) in [6, 6.07) is 0. The molecule has 0 aromatic carbocycles. The highest BCUT2D eigenvalue weighted by molar-refractivity contribution is 7.88. The molecule has 0 unspecified atom stereocenters. The molecule has 1 aromatic heterocycles. The number of carbonyl (C=O) groups excluding carboxylic acids is 1. The maximum atomic E-state index is 12.0. The van der Waals surface area contributed by atoms with Gasteiger partial charge in [0.05, 0.1) is 22.9 Å². The molecule has 0 aliphatic carbocycles. The van der Waals surface area contributed by atoms with Gasteiger partial charge in [-0.2, -0.15) is 0 Å². The summed E-state index contributed by atoms with van der Waals surface area (Å²) in [5.41, 5.74) is 0.964. The van der Waals surface area contributed by atoms with Crippen LogP contribution >= 0.6 is 11.3 Å². The lowest BCUT2D eigenvalue weighted by Crippen LogP contribution is -2.41. The third-order valence-electron chi connectivity index (χ3n) is 3.71. The molecule has 9 heteroatoms. The van der Waals surface area contributed by atoms with Crippen molar-refractivity contribution in [3.8, 4) is 0 Å². The Morgan fingerprint density at radius 3 is 2.73 bits per heavy atom. The smallest absolute Gasteiger partial charge is 0.225 e. The van der Waals surface area contributed by atoms with Crippen molar-refractivity contribution in [2.24, 2.45) is 5.92 Å². The highest BCUT2D eigenvalue weighted by atomic mass is 32.2. The third-order valence-corrected chi connectivity index (χ3v) is 5.80. The Morgan fingerprint density at radius 2 is 2.18 bits per heavy atom. The van der Waals surface area contributed by atoms with E-state index in [4.69, 9.17) is 0 Å². The normalized spacial score (nSPS) is 21.5. The molecular weight excluding hydrogens is 324 g/mol. The summed E-state index contributed by atoms with van der Waals surface area (Å²) in [6.07, 6.45) is 1.19. The lowest BCUT2D eigenvalue weighted by Gasteiger charge is -2.22. The number of nitrogens with zero attached hydrogens (tertiary/aromatic N) is 3. The molecule has 1 aliphatic heterocycles. The van der Waals surface area contributed by atoms with E-state index in [0.717, 1.165) is 10.7 Å². The fourth-order valence-electron chi connectivity index (χ4n) is 2.58. The molecule has 124 valence electrons. The number of rotatable bonds is 4. The van der Waals surface area contributed by atoms with E-state index < -0.39 is 10.0 Å². The summed E-state index contributed by atoms with van der Waals surface area (Å²) in [5, 5.41) is 5.63. The van der Waals surface area contributed by atoms with Crippen molar-refractivity contribution in [1.29, 1.82) is 0 Å². The van der Waals surface area contributed by atoms with Crippen LogP contribution in [0.5, 0.6) is 0 Å². The number of sulfonamides is 1. The Bertz CT molecular complexity index is 629. The van der Waals surface area contributed by atoms with E-state index in [1.165, 1.54) is 10.6 Å². The first-order chi connectivity index (χ1) is 10.3. The standard InChI is InChI=1S/C13H22N4O3S2/c1-10-15-12(9-21-10)8-16-4-5-17(22(3,19)20)7-11(6-16)13(18)14-2/h9,11H,4-8H2,1-3H3,(H,14,18)/t11-/m1/s1. The third kappa shape index (κ3) is 4.48. The Balaban J connectivity index is 2.14. The fraction of sp³-hybridized carbons (Fsp3) is 0.692. The van der Waals surface area contributed by atoms with Crippen molar-refractivity contribution in [3.05, 3.63) is 16.1 Å². The average Bonchev–Trinajstić information content (AvgIpc) is 2.72. The predicted molar refractivity (Wildman–Crippen MR) is 86.1 cm³/mol. The van der Waals surface area contributed by atoms with E-state index >= 15 is 0 Å². The summed E-state index contributed by atoms with van der Waals surface area (Å²) >= 11 is 1.59. The van der Waals surface area contributed by atoms with E-state index in [1.807, 2.05) is 12.3 Å². The summed E-state index contributed by atoms with van der Waals surface area (Å²) in [5.74, 6) is -0.503. The zero-order valence-corrected chi connectivity index (χ0v) is 14.7. The monoisotopic (exact) mass is 346 g/mol. The molecule has 1 amide bonds. The Hall–Kier alpha value is -1.03. The minimum Gasteiger partial charge on any atom is -0.359 e. The molecule has 0 radical (unpaired) electrons. The molecule has 2 heterocycles. The lowest BCUT2D eigenvalue weighted by molar-refractivity contribution is -0.125. The molecule has 1 saturated heterocycles. The highest BCUT2D eigenvalue weighted by Crippen LogP contribution is 2.16. The van der Waals surface area contributed by atoms with Gasteiger partial charge >= 0.3 is 0 Å². The number of carbonyl (C=O) groups is 1. The van der Waals surface area contributed by atoms with Gasteiger partial charge in [0, 0.05) is 45.2 Å². The van der Waals surface area contributed by atoms with Crippen LogP contribution in [0.4, 0.5) is 0 Å². The topological polar surface area (TPSA) is 82.6 Å². The van der Waals surface area contributed by atoms with Crippen molar-refractivity contribution >= 4 is 27.3 Å². The van der Waals surface area contributed by atoms with Crippen molar-refractivity contribution in [3.63, 3.8) is 0 Å². The van der Waals surface area contributed by atoms with Gasteiger partial charge in [0.15, 0.2) is 0 Å². The molecule has 1 fully saturated rings. The SMILES string of the molecule is CNC(=O)[C@@H]1CN(Cc2csc(C)n2)CCN(S(C)(=O)=O)C1. The van der Waals surface area contributed by atoms with Crippen molar-refractivity contribution in [2.45, 2.75) is 13.5 Å². The van der Waals surface area contributed by atoms with Crippen molar-refractivity contribution in [1.82, 2.24) is 19.5 Å². The second-order valence-electron chi connectivity index (χ2n) is 5.53. The largest absolute Gasteiger partial charge is 0.359 e. The van der Waals surface area contributed by atoms with Gasteiger partial charge in [-0.15, -0.1) is 11.3 Å². The minimum atomic E-state index is -3.30. The van der Waals surface area contributed by atoms with E-state index in [0.29, 0.717) is 26.2 Å². The Morgan fingerprint density at radius 1 is 1.45 bits per heavy atom. The molecule has 0 spiro atoms. The second-order valence-corrected chi connectivity index (χ2v) is 8.57. The zero-order chi connectivity index (χ0) is 16.3. The lowest BCUT2D eigenvalue weighted by atomic mass is 10.1. The Labute approximate surface area is 135 Å². The number of hydrogen-bond donors (Lipinski definition) is 1. The minimum absolute atomic E-state index is 0.130. The van der Waals surface area contributed by atoms with Crippen molar-refractivity contribution < 1.29 is 13.2 Å². The van der Waals surface area contributed by atoms with Gasteiger partial charge in [0.25, 0.3) is 0 Å². The summed E-state index contributed by atoms with van der Waals surface area (Å²) in [4.78, 5) is 18.6. The van der Waals surface area contributed by atoms with Crippen LogP contribution in [0, 0.1) is 12.8 Å². The molecule has 7 nitrogen and oxygen atoms in total. The van der Waals surface area contributed by atoms with Gasteiger partial charge in [-0.3, -0.25) is 9.69 Å². The number of hydrogen-bond acceptors (Lipinski definition) is 6. The van der Waals surface area contributed by atoms with Crippen LogP contribution < -0.4 is 5.32 Å². The fourth-order valence-corrected chi connectivity index (χ4v) is 4.04. The summed E-state index contributed by atoms with van der Waals surface area (Å²) in [6.45, 7) is 4.34. The van der Waals surface area contributed by atoms with E-state index in [9.17, 15) is 13.2 Å². The molecule has 1 aliphatic rings. The van der Waals surface area contributed by atoms with Gasteiger partial charge in [-0.05, 0) is 6.92 Å². The van der Waals surface area contributed by atoms with E-state index in [1.54, 1.807) is 18.4 Å². The van der Waals surface area contributed by atoms with Gasteiger partial charge in [-0.1, -0.05) is 0 Å². The quantitative estimate of drug-likeness (QED) is 0.823. The molecule has 22 heavy (non-hydrogen) atoms. The number of amides is 1. The molecule has 0 saturated carbocycles. The molecule has 1 aromatic rings. The zero-order valence-electron chi connectivity index (χ0n) is 13.1. The Kier molecular flexibility index (Phi) is 5.54. The number of nitrogens with one attached hydrogen (secondary N) is 1. The van der Waals surface area contributed by atoms with Crippen LogP contribution in [0.15, 0.2) is 5.38 Å². The van der Waals surface area contributed by atoms with E-state index in [-0.39, 0.29) is 18.4 Å². The van der Waals surface area contributed by atoms with Crippen LogP contribution in [0.3, 0.4) is 0 Å². The van der Waals surface area contributed by atoms with Gasteiger partial charge in [-0.25, -0.2) is 17.7 Å². The number of thiazole rings is 1. The molecule has 2 rings (SSSR count). The highest BCUT2D eigenvalue weighted by Gasteiger charge is 2.31. The van der Waals surface area contributed by atoms with Crippen LogP contribution in [-0.2, 0) is 21.4 Å². The number of aromatic nitrogens is 1. The summed E-state index contributed by atoms with van der Waals surface area (Å²) in [7, 11) is -1.73. The molecule has 0 bridgehead atoms. The maximum Gasteiger partial charge on any atom is 0.225 e. The van der Waals surface area contributed by atoms with Gasteiger partial charge in [0.2, 0.25) is 15.9 Å². The van der Waals surface area contributed by atoms with Crippen LogP contribution in [0.25, 0.3) is 0 Å². The second kappa shape index (κ2) is 7.03. The van der Waals surface area contributed by atoms with Crippen LogP contribution in [0.2, 0.25) is 0 Å². The predicted octanol–water partition coefficient (Wildman–Crippen LogP) is -0.109. The molecular formula is C13H22N4O3S2. The van der Waals surface area contributed by atoms with E-state index in [2.05, 4.69) is 15.2 Å². The van der Waals surface area contributed by atoms with Crippen molar-refractivity contribution in [2.75, 3.05) is 39.5 Å². The first-order valence-corrected chi connectivity index (χ1v) is 9.82. The summed E-state index contributed by atoms with van der Waals surface area (Å²) < 4.78 is 25.0.